The van der Waals surface area contributed by atoms with Gasteiger partial charge in [-0.3, -0.25) is 0 Å². The van der Waals surface area contributed by atoms with E-state index in [1.165, 1.54) is 77.0 Å². The largest absolute Gasteiger partial charge is 0.493 e. The number of hydrogen-bond donors (Lipinski definition) is 1. The molecule has 1 radical (unpaired) electrons. The van der Waals surface area contributed by atoms with Crippen LogP contribution in [-0.2, 0) is 27.2 Å². The average Bonchev–Trinajstić information content (AvgIpc) is 1.39. The number of carboxylic acids is 1. The van der Waals surface area contributed by atoms with E-state index >= 15 is 0 Å². The summed E-state index contributed by atoms with van der Waals surface area (Å²) in [7, 11) is 1.95. The van der Waals surface area contributed by atoms with Gasteiger partial charge in [-0.1, -0.05) is 223 Å². The standard InChI is InChI=1S/2C45H52NO2.C13H10N2O2.Ir/c2*1-5-9-14-34(7-3)32-47-43-23-19-36(20-24-43)40-29-41(37-21-25-44(26-22-37)48-33-35(8-4)15-10-6-2)31-42(30-40)38-16-13-17-39(28-38)45-18-11-12-27-46-45;1-15-11-5-3-2-4-8(11)9-6-10(13(16)17)14-7-12(9)15;/h2*11-13,16,18-31,34-35H,5-10,14-15,32-33H2,1-4H3;2-7H,1H3,(H,16,17);/q2*-1;;. The topological polar surface area (TPSA) is 118 Å². The summed E-state index contributed by atoms with van der Waals surface area (Å²) in [4.78, 5) is 24.0. The first-order valence-electron chi connectivity index (χ1n) is 41.5. The number of carboxylic acid groups (broad SMARTS) is 1. The molecule has 0 spiro atoms. The molecule has 593 valence electrons. The summed E-state index contributed by atoms with van der Waals surface area (Å²) in [6, 6.07) is 89.0. The van der Waals surface area contributed by atoms with Crippen LogP contribution in [0.5, 0.6) is 23.0 Å². The number of benzene rings is 9. The molecule has 13 aromatic rings. The number of fused-ring (bicyclic) bond motifs is 3. The van der Waals surface area contributed by atoms with Crippen molar-refractivity contribution in [3.63, 3.8) is 0 Å². The van der Waals surface area contributed by atoms with Crippen molar-refractivity contribution >= 4 is 27.8 Å². The van der Waals surface area contributed by atoms with E-state index in [1.807, 2.05) is 96.8 Å². The maximum absolute atomic E-state index is 10.9. The van der Waals surface area contributed by atoms with Crippen molar-refractivity contribution in [3.8, 4) is 112 Å². The van der Waals surface area contributed by atoms with Gasteiger partial charge in [-0.25, -0.2) is 9.78 Å². The second-order valence-electron chi connectivity index (χ2n) is 30.0. The van der Waals surface area contributed by atoms with Gasteiger partial charge in [-0.15, -0.1) is 70.8 Å². The summed E-state index contributed by atoms with van der Waals surface area (Å²) in [5.41, 5.74) is 19.8. The van der Waals surface area contributed by atoms with Crippen molar-refractivity contribution in [1.82, 2.24) is 19.5 Å². The third-order valence-corrected chi connectivity index (χ3v) is 21.9. The maximum atomic E-state index is 10.9. The van der Waals surface area contributed by atoms with Gasteiger partial charge in [0.1, 0.15) is 28.7 Å². The summed E-state index contributed by atoms with van der Waals surface area (Å²) in [6.45, 7) is 21.2. The molecule has 0 aliphatic carbocycles. The van der Waals surface area contributed by atoms with Crippen LogP contribution in [-0.4, -0.2) is 57.0 Å². The number of pyridine rings is 3. The first kappa shape index (κ1) is 86.0. The van der Waals surface area contributed by atoms with Gasteiger partial charge in [-0.2, -0.15) is 0 Å². The molecule has 0 aliphatic rings. The fourth-order valence-electron chi connectivity index (χ4n) is 14.5. The molecule has 4 aromatic heterocycles. The number of nitrogens with zero attached hydrogens (tertiary/aromatic N) is 4. The van der Waals surface area contributed by atoms with Gasteiger partial charge in [0.15, 0.2) is 0 Å². The van der Waals surface area contributed by atoms with Crippen LogP contribution in [0.15, 0.2) is 255 Å². The number of para-hydroxylation sites is 1. The van der Waals surface area contributed by atoms with Crippen molar-refractivity contribution in [1.29, 1.82) is 0 Å². The molecule has 4 unspecified atom stereocenters. The van der Waals surface area contributed by atoms with Gasteiger partial charge >= 0.3 is 5.97 Å². The molecule has 114 heavy (non-hydrogen) atoms. The number of aromatic carboxylic acids is 1. The monoisotopic (exact) mass is 1700 g/mol. The van der Waals surface area contributed by atoms with Crippen LogP contribution in [0, 0.1) is 35.8 Å². The van der Waals surface area contributed by atoms with Crippen molar-refractivity contribution < 1.29 is 49.0 Å². The zero-order chi connectivity index (χ0) is 79.1. The Labute approximate surface area is 692 Å². The van der Waals surface area contributed by atoms with Crippen LogP contribution in [0.1, 0.15) is 169 Å². The summed E-state index contributed by atoms with van der Waals surface area (Å²) in [5, 5.41) is 10.9. The van der Waals surface area contributed by atoms with E-state index in [2.05, 4.69) is 240 Å². The van der Waals surface area contributed by atoms with Gasteiger partial charge in [0, 0.05) is 55.8 Å². The number of carbonyl (C=O) groups is 1. The molecular weight excluding hydrogens is 1580 g/mol. The van der Waals surface area contributed by atoms with E-state index in [-0.39, 0.29) is 25.8 Å². The van der Waals surface area contributed by atoms with Crippen LogP contribution in [0.25, 0.3) is 111 Å². The number of ether oxygens (including phenoxy) is 4. The van der Waals surface area contributed by atoms with Crippen molar-refractivity contribution in [2.24, 2.45) is 30.7 Å². The predicted molar refractivity (Wildman–Crippen MR) is 470 cm³/mol. The van der Waals surface area contributed by atoms with E-state index < -0.39 is 5.97 Å². The molecule has 0 saturated carbocycles. The molecule has 0 aliphatic heterocycles. The first-order valence-corrected chi connectivity index (χ1v) is 41.5. The second-order valence-corrected chi connectivity index (χ2v) is 30.0. The zero-order valence-electron chi connectivity index (χ0n) is 68.3. The Morgan fingerprint density at radius 3 is 0.991 bits per heavy atom. The van der Waals surface area contributed by atoms with Crippen molar-refractivity contribution in [2.45, 2.75) is 158 Å². The SMILES string of the molecule is CCCCC(CC)COc1ccc(-c2cc(-c3ccc(OCC(CC)CCCC)cc3)cc(-c3cc[c-]c(-c4ccccn4)c3)c2)cc1.CCCCC(CC)COc1ccc(-c2cc(-c3ccc(OCC(CC)CCCC)cc3)cc(-c3cc[c-]c(-c4ccccn4)c3)c2)cc1.Cn1c2ccccc2c2cc(C(=O)O)ncc21.[Ir]. The van der Waals surface area contributed by atoms with E-state index in [1.54, 1.807) is 12.3 Å². The van der Waals surface area contributed by atoms with Gasteiger partial charge in [0.25, 0.3) is 0 Å². The van der Waals surface area contributed by atoms with Crippen molar-refractivity contribution in [3.05, 3.63) is 273 Å². The van der Waals surface area contributed by atoms with Crippen LogP contribution in [0.4, 0.5) is 0 Å². The van der Waals surface area contributed by atoms with Crippen molar-refractivity contribution in [2.75, 3.05) is 26.4 Å². The fourth-order valence-corrected chi connectivity index (χ4v) is 14.5. The average molecular weight is 1700 g/mol. The summed E-state index contributed by atoms with van der Waals surface area (Å²) in [5.74, 6) is 5.14. The number of aromatic nitrogens is 4. The minimum Gasteiger partial charge on any atom is -0.493 e. The number of unbranched alkanes of at least 4 members (excludes halogenated alkanes) is 4. The van der Waals surface area contributed by atoms with E-state index in [4.69, 9.17) is 24.1 Å². The Balaban J connectivity index is 0.000000198. The minimum atomic E-state index is -1.00. The fraction of sp³-hybridized carbons (Fsp3) is 0.320. The normalized spacial score (nSPS) is 12.1. The Bertz CT molecular complexity index is 4630. The molecule has 9 aromatic carbocycles. The molecule has 13 rings (SSSR count). The van der Waals surface area contributed by atoms with E-state index in [0.717, 1.165) is 186 Å². The molecule has 0 amide bonds. The number of aryl methyl sites for hydroxylation is 1. The van der Waals surface area contributed by atoms with Gasteiger partial charge in [0.05, 0.1) is 38.1 Å². The third kappa shape index (κ3) is 24.3. The maximum Gasteiger partial charge on any atom is 0.354 e. The molecule has 0 bridgehead atoms. The van der Waals surface area contributed by atoms with Crippen LogP contribution < -0.4 is 18.9 Å². The van der Waals surface area contributed by atoms with Gasteiger partial charge < -0.3 is 38.6 Å². The van der Waals surface area contributed by atoms with E-state index in [0.29, 0.717) is 23.7 Å². The molecule has 10 nitrogen and oxygen atoms in total. The van der Waals surface area contributed by atoms with Gasteiger partial charge in [0.2, 0.25) is 0 Å². The van der Waals surface area contributed by atoms with Crippen LogP contribution >= 0.6 is 0 Å². The minimum absolute atomic E-state index is 0. The molecule has 1 N–H and O–H groups in total. The predicted octanol–water partition coefficient (Wildman–Crippen LogP) is 27.9. The molecular formula is C103H114IrN4O6-2. The Hall–Kier alpha value is -10.5. The Kier molecular flexibility index (Phi) is 33.8. The van der Waals surface area contributed by atoms with E-state index in [9.17, 15) is 4.79 Å². The molecule has 0 fully saturated rings. The summed E-state index contributed by atoms with van der Waals surface area (Å²) in [6.07, 6.45) is 24.7. The summed E-state index contributed by atoms with van der Waals surface area (Å²) < 4.78 is 27.0. The van der Waals surface area contributed by atoms with Crippen LogP contribution in [0.2, 0.25) is 0 Å². The molecule has 4 atom stereocenters. The summed E-state index contributed by atoms with van der Waals surface area (Å²) >= 11 is 0. The smallest absolute Gasteiger partial charge is 0.354 e. The zero-order valence-corrected chi connectivity index (χ0v) is 70.7. The number of rotatable bonds is 37. The quantitative estimate of drug-likeness (QED) is 0.0380. The molecule has 11 heteroatoms. The van der Waals surface area contributed by atoms with Gasteiger partial charge in [-0.05, 0) is 226 Å². The Morgan fingerprint density at radius 1 is 0.360 bits per heavy atom. The Morgan fingerprint density at radius 2 is 0.684 bits per heavy atom. The third-order valence-electron chi connectivity index (χ3n) is 21.9. The first-order chi connectivity index (χ1) is 55.4. The second kappa shape index (κ2) is 44.9. The molecule has 4 heterocycles. The molecule has 0 saturated heterocycles. The number of hydrogen-bond acceptors (Lipinski definition) is 8. The van der Waals surface area contributed by atoms with Crippen LogP contribution in [0.3, 0.4) is 0 Å².